The highest BCUT2D eigenvalue weighted by atomic mass is 19.1. The van der Waals surface area contributed by atoms with E-state index in [2.05, 4.69) is 4.98 Å². The number of hydrogen-bond acceptors (Lipinski definition) is 4. The number of hydrogen-bond donors (Lipinski definition) is 3. The monoisotopic (exact) mass is 306 g/mol. The van der Waals surface area contributed by atoms with Crippen LogP contribution in [0.3, 0.4) is 0 Å². The van der Waals surface area contributed by atoms with Gasteiger partial charge in [-0.25, -0.2) is 4.39 Å². The maximum absolute atomic E-state index is 13.8. The van der Waals surface area contributed by atoms with E-state index >= 15 is 0 Å². The van der Waals surface area contributed by atoms with E-state index in [1.54, 1.807) is 6.07 Å². The minimum atomic E-state index is -0.581. The molecule has 1 fully saturated rings. The van der Waals surface area contributed by atoms with Gasteiger partial charge in [0.15, 0.2) is 5.43 Å². The van der Waals surface area contributed by atoms with Crippen LogP contribution >= 0.6 is 0 Å². The van der Waals surface area contributed by atoms with Gasteiger partial charge in [0.2, 0.25) is 0 Å². The zero-order valence-electron chi connectivity index (χ0n) is 12.1. The van der Waals surface area contributed by atoms with Crippen molar-refractivity contribution < 1.29 is 14.6 Å². The number of piperidine rings is 1. The first-order valence-electron chi connectivity index (χ1n) is 7.40. The fourth-order valence-electron chi connectivity index (χ4n) is 3.02. The highest BCUT2D eigenvalue weighted by molar-refractivity contribution is 5.78. The number of rotatable bonds is 3. The van der Waals surface area contributed by atoms with Gasteiger partial charge in [-0.05, 0) is 25.1 Å². The van der Waals surface area contributed by atoms with Crippen LogP contribution in [0.1, 0.15) is 12.1 Å². The number of nitrogens with zero attached hydrogens (tertiary/aromatic N) is 1. The summed E-state index contributed by atoms with van der Waals surface area (Å²) in [6, 6.07) is 5.91. The number of halogens is 1. The molecule has 22 heavy (non-hydrogen) atoms. The summed E-state index contributed by atoms with van der Waals surface area (Å²) >= 11 is 0. The van der Waals surface area contributed by atoms with Gasteiger partial charge in [0.25, 0.3) is 0 Å². The first kappa shape index (κ1) is 15.1. The van der Waals surface area contributed by atoms with Crippen LogP contribution in [-0.2, 0) is 6.54 Å². The predicted molar refractivity (Wildman–Crippen MR) is 81.0 cm³/mol. The van der Waals surface area contributed by atoms with E-state index in [0.717, 1.165) is 6.54 Å². The highest BCUT2D eigenvalue weighted by Crippen LogP contribution is 2.19. The maximum atomic E-state index is 13.8. The number of aromatic nitrogens is 1. The van der Waals surface area contributed by atoms with Crippen LogP contribution in [0.15, 0.2) is 29.1 Å². The first-order chi connectivity index (χ1) is 10.6. The molecule has 0 bridgehead atoms. The molecule has 0 unspecified atom stereocenters. The Hall–Kier alpha value is -1.76. The Labute approximate surface area is 127 Å². The number of fused-ring (bicyclic) bond motifs is 1. The number of aliphatic hydroxyl groups is 2. The highest BCUT2D eigenvalue weighted by Gasteiger charge is 2.27. The van der Waals surface area contributed by atoms with E-state index in [4.69, 9.17) is 5.11 Å². The van der Waals surface area contributed by atoms with Gasteiger partial charge in [0.05, 0.1) is 11.6 Å². The largest absolute Gasteiger partial charge is 0.396 e. The third kappa shape index (κ3) is 2.90. The fourth-order valence-corrected chi connectivity index (χ4v) is 3.02. The van der Waals surface area contributed by atoms with Crippen LogP contribution in [0.4, 0.5) is 4.39 Å². The summed E-state index contributed by atoms with van der Waals surface area (Å²) in [5.74, 6) is -0.542. The Morgan fingerprint density at radius 3 is 2.95 bits per heavy atom. The molecule has 0 spiro atoms. The van der Waals surface area contributed by atoms with Gasteiger partial charge >= 0.3 is 0 Å². The second-order valence-electron chi connectivity index (χ2n) is 5.86. The maximum Gasteiger partial charge on any atom is 0.189 e. The van der Waals surface area contributed by atoms with E-state index < -0.39 is 11.9 Å². The Balaban J connectivity index is 1.83. The second kappa shape index (κ2) is 6.16. The summed E-state index contributed by atoms with van der Waals surface area (Å²) in [5, 5.41) is 19.4. The summed E-state index contributed by atoms with van der Waals surface area (Å²) in [5.41, 5.74) is 0.627. The van der Waals surface area contributed by atoms with E-state index in [9.17, 15) is 14.3 Å². The molecule has 2 heterocycles. The first-order valence-corrected chi connectivity index (χ1v) is 7.40. The fraction of sp³-hybridized carbons (Fsp3) is 0.438. The van der Waals surface area contributed by atoms with Crippen molar-refractivity contribution in [2.45, 2.75) is 19.1 Å². The molecule has 5 nitrogen and oxygen atoms in total. The minimum absolute atomic E-state index is 0.0208. The summed E-state index contributed by atoms with van der Waals surface area (Å²) in [7, 11) is 0. The molecule has 1 aromatic heterocycles. The number of pyridine rings is 1. The van der Waals surface area contributed by atoms with Gasteiger partial charge in [0, 0.05) is 42.8 Å². The third-order valence-corrected chi connectivity index (χ3v) is 4.30. The number of aliphatic hydroxyl groups excluding tert-OH is 2. The molecule has 2 atom stereocenters. The van der Waals surface area contributed by atoms with Gasteiger partial charge in [-0.1, -0.05) is 6.07 Å². The summed E-state index contributed by atoms with van der Waals surface area (Å²) in [6.45, 7) is 1.57. The van der Waals surface area contributed by atoms with E-state index in [0.29, 0.717) is 30.6 Å². The Kier molecular flexibility index (Phi) is 4.24. The van der Waals surface area contributed by atoms with Gasteiger partial charge in [-0.2, -0.15) is 0 Å². The molecule has 0 aliphatic carbocycles. The second-order valence-corrected chi connectivity index (χ2v) is 5.86. The molecule has 118 valence electrons. The zero-order chi connectivity index (χ0) is 15.7. The SMILES string of the molecule is O=c1cc(CN2CC[C@H](CO)[C@@H](O)C2)[nH]c2c(F)cccc12. The van der Waals surface area contributed by atoms with Crippen molar-refractivity contribution in [2.24, 2.45) is 5.92 Å². The number of aromatic amines is 1. The van der Waals surface area contributed by atoms with Crippen LogP contribution in [-0.4, -0.2) is 45.9 Å². The molecular formula is C16H19FN2O3. The average Bonchev–Trinajstić information content (AvgIpc) is 2.49. The van der Waals surface area contributed by atoms with Crippen LogP contribution in [0.25, 0.3) is 10.9 Å². The summed E-state index contributed by atoms with van der Waals surface area (Å²) < 4.78 is 13.8. The standard InChI is InChI=1S/C16H19FN2O3/c17-13-3-1-2-12-14(21)6-11(18-16(12)13)7-19-5-4-10(9-20)15(22)8-19/h1-3,6,10,15,20,22H,4-5,7-9H2,(H,18,21)/t10-,15+/m1/s1. The number of H-pyrrole nitrogens is 1. The lowest BCUT2D eigenvalue weighted by Gasteiger charge is -2.34. The van der Waals surface area contributed by atoms with E-state index in [1.165, 1.54) is 18.2 Å². The predicted octanol–water partition coefficient (Wildman–Crippen LogP) is 0.842. The number of para-hydroxylation sites is 1. The molecule has 6 heteroatoms. The van der Waals surface area contributed by atoms with Crippen LogP contribution in [0, 0.1) is 11.7 Å². The van der Waals surface area contributed by atoms with Gasteiger partial charge in [-0.15, -0.1) is 0 Å². The molecule has 0 radical (unpaired) electrons. The lowest BCUT2D eigenvalue weighted by atomic mass is 9.95. The smallest absolute Gasteiger partial charge is 0.189 e. The van der Waals surface area contributed by atoms with Crippen molar-refractivity contribution in [1.82, 2.24) is 9.88 Å². The van der Waals surface area contributed by atoms with E-state index in [1.807, 2.05) is 4.90 Å². The lowest BCUT2D eigenvalue weighted by Crippen LogP contribution is -2.44. The van der Waals surface area contributed by atoms with Gasteiger partial charge in [-0.3, -0.25) is 9.69 Å². The van der Waals surface area contributed by atoms with Crippen LogP contribution < -0.4 is 5.43 Å². The quantitative estimate of drug-likeness (QED) is 0.785. The Bertz CT molecular complexity index is 731. The van der Waals surface area contributed by atoms with Crippen molar-refractivity contribution in [2.75, 3.05) is 19.7 Å². The lowest BCUT2D eigenvalue weighted by molar-refractivity contribution is -0.00477. The molecule has 0 amide bonds. The molecular weight excluding hydrogens is 287 g/mol. The number of likely N-dealkylation sites (tertiary alicyclic amines) is 1. The van der Waals surface area contributed by atoms with Crippen LogP contribution in [0.5, 0.6) is 0 Å². The Morgan fingerprint density at radius 1 is 1.41 bits per heavy atom. The zero-order valence-corrected chi connectivity index (χ0v) is 12.1. The summed E-state index contributed by atoms with van der Waals surface area (Å²) in [4.78, 5) is 17.0. The molecule has 1 aliphatic rings. The van der Waals surface area contributed by atoms with Gasteiger partial charge < -0.3 is 15.2 Å². The molecule has 0 saturated carbocycles. The van der Waals surface area contributed by atoms with Crippen molar-refractivity contribution in [1.29, 1.82) is 0 Å². The number of benzene rings is 1. The van der Waals surface area contributed by atoms with Gasteiger partial charge in [0.1, 0.15) is 5.82 Å². The molecule has 3 rings (SSSR count). The molecule has 1 saturated heterocycles. The number of nitrogens with one attached hydrogen (secondary N) is 1. The summed E-state index contributed by atoms with van der Waals surface area (Å²) in [6.07, 6.45) is 0.117. The van der Waals surface area contributed by atoms with E-state index in [-0.39, 0.29) is 23.5 Å². The van der Waals surface area contributed by atoms with Crippen LogP contribution in [0.2, 0.25) is 0 Å². The third-order valence-electron chi connectivity index (χ3n) is 4.30. The minimum Gasteiger partial charge on any atom is -0.396 e. The Morgan fingerprint density at radius 2 is 2.23 bits per heavy atom. The average molecular weight is 306 g/mol. The molecule has 2 aromatic rings. The van der Waals surface area contributed by atoms with Crippen molar-refractivity contribution in [3.63, 3.8) is 0 Å². The molecule has 1 aliphatic heterocycles. The molecule has 1 aromatic carbocycles. The topological polar surface area (TPSA) is 76.6 Å². The van der Waals surface area contributed by atoms with Crippen molar-refractivity contribution in [3.8, 4) is 0 Å². The van der Waals surface area contributed by atoms with Crippen molar-refractivity contribution >= 4 is 10.9 Å². The van der Waals surface area contributed by atoms with Crippen molar-refractivity contribution in [3.05, 3.63) is 46.0 Å². The normalized spacial score (nSPS) is 23.0. The molecule has 3 N–H and O–H groups in total. The number of β-amino-alcohol motifs (C(OH)–C–C–N with tert-alkyl or cyclic N) is 1.